The second-order valence-electron chi connectivity index (χ2n) is 3.55. The van der Waals surface area contributed by atoms with Gasteiger partial charge in [-0.15, -0.1) is 0 Å². The number of methoxy groups -OCH3 is 1. The van der Waals surface area contributed by atoms with Gasteiger partial charge in [-0.25, -0.2) is 9.97 Å². The molecule has 0 radical (unpaired) electrons. The Bertz CT molecular complexity index is 276. The van der Waals surface area contributed by atoms with Crippen molar-refractivity contribution in [3.63, 3.8) is 0 Å². The molecule has 1 heterocycles. The first-order chi connectivity index (χ1) is 6.72. The van der Waals surface area contributed by atoms with Gasteiger partial charge in [0.1, 0.15) is 12.1 Å². The molecule has 0 aliphatic carbocycles. The van der Waals surface area contributed by atoms with Crippen molar-refractivity contribution < 1.29 is 4.74 Å². The van der Waals surface area contributed by atoms with Crippen LogP contribution in [0.4, 0.5) is 5.82 Å². The molecule has 0 aliphatic heterocycles. The Hall–Kier alpha value is -1.32. The second-order valence-corrected chi connectivity index (χ2v) is 3.55. The molecular weight excluding hydrogens is 178 g/mol. The largest absolute Gasteiger partial charge is 0.481 e. The number of ether oxygens (including phenoxy) is 1. The lowest BCUT2D eigenvalue weighted by molar-refractivity contribution is 0.397. The van der Waals surface area contributed by atoms with E-state index in [4.69, 9.17) is 4.74 Å². The molecule has 14 heavy (non-hydrogen) atoms. The zero-order chi connectivity index (χ0) is 10.4. The molecule has 4 heteroatoms. The number of hydrogen-bond donors (Lipinski definition) is 1. The summed E-state index contributed by atoms with van der Waals surface area (Å²) in [5.41, 5.74) is 0. The second kappa shape index (κ2) is 5.42. The van der Waals surface area contributed by atoms with Crippen molar-refractivity contribution in [2.75, 3.05) is 19.0 Å². The first-order valence-electron chi connectivity index (χ1n) is 4.82. The summed E-state index contributed by atoms with van der Waals surface area (Å²) < 4.78 is 4.99. The molecule has 1 aromatic rings. The van der Waals surface area contributed by atoms with Crippen molar-refractivity contribution in [2.45, 2.75) is 20.3 Å². The molecular formula is C10H17N3O. The van der Waals surface area contributed by atoms with Crippen molar-refractivity contribution in [1.82, 2.24) is 9.97 Å². The van der Waals surface area contributed by atoms with Gasteiger partial charge < -0.3 is 10.1 Å². The van der Waals surface area contributed by atoms with Crippen LogP contribution in [0.1, 0.15) is 20.3 Å². The fourth-order valence-corrected chi connectivity index (χ4v) is 1.04. The van der Waals surface area contributed by atoms with Crippen molar-refractivity contribution in [3.8, 4) is 5.88 Å². The summed E-state index contributed by atoms with van der Waals surface area (Å²) in [6.45, 7) is 5.32. The van der Waals surface area contributed by atoms with Gasteiger partial charge in [0.2, 0.25) is 5.88 Å². The summed E-state index contributed by atoms with van der Waals surface area (Å²) in [6, 6.07) is 1.79. The Kier molecular flexibility index (Phi) is 4.16. The topological polar surface area (TPSA) is 47.0 Å². The van der Waals surface area contributed by atoms with Crippen LogP contribution >= 0.6 is 0 Å². The third-order valence-electron chi connectivity index (χ3n) is 1.88. The van der Waals surface area contributed by atoms with Gasteiger partial charge in [0.15, 0.2) is 0 Å². The lowest BCUT2D eigenvalue weighted by Crippen LogP contribution is -2.06. The molecule has 4 nitrogen and oxygen atoms in total. The van der Waals surface area contributed by atoms with E-state index < -0.39 is 0 Å². The number of hydrogen-bond acceptors (Lipinski definition) is 4. The van der Waals surface area contributed by atoms with Gasteiger partial charge in [0.25, 0.3) is 0 Å². The zero-order valence-corrected chi connectivity index (χ0v) is 8.95. The maximum atomic E-state index is 4.99. The minimum absolute atomic E-state index is 0.590. The molecule has 0 spiro atoms. The fraction of sp³-hybridized carbons (Fsp3) is 0.600. The number of anilines is 1. The monoisotopic (exact) mass is 195 g/mol. The van der Waals surface area contributed by atoms with Crippen molar-refractivity contribution in [3.05, 3.63) is 12.4 Å². The predicted molar refractivity (Wildman–Crippen MR) is 56.5 cm³/mol. The average molecular weight is 195 g/mol. The molecule has 1 rings (SSSR count). The van der Waals surface area contributed by atoms with Crippen molar-refractivity contribution in [2.24, 2.45) is 5.92 Å². The molecule has 0 fully saturated rings. The molecule has 1 aromatic heterocycles. The first kappa shape index (κ1) is 10.8. The smallest absolute Gasteiger partial charge is 0.218 e. The SMILES string of the molecule is COc1cc(NCCC(C)C)ncn1. The van der Waals surface area contributed by atoms with Crippen LogP contribution < -0.4 is 10.1 Å². The Morgan fingerprint density at radius 1 is 1.43 bits per heavy atom. The van der Waals surface area contributed by atoms with E-state index in [1.165, 1.54) is 6.33 Å². The Morgan fingerprint density at radius 2 is 2.21 bits per heavy atom. The molecule has 0 aromatic carbocycles. The Labute approximate surface area is 84.7 Å². The third-order valence-corrected chi connectivity index (χ3v) is 1.88. The van der Waals surface area contributed by atoms with Crippen LogP contribution in [0.25, 0.3) is 0 Å². The van der Waals surface area contributed by atoms with Gasteiger partial charge in [0.05, 0.1) is 7.11 Å². The fourth-order valence-electron chi connectivity index (χ4n) is 1.04. The number of nitrogens with zero attached hydrogens (tertiary/aromatic N) is 2. The summed E-state index contributed by atoms with van der Waals surface area (Å²) in [5, 5.41) is 3.22. The first-order valence-corrected chi connectivity index (χ1v) is 4.82. The standard InChI is InChI=1S/C10H17N3O/c1-8(2)4-5-11-9-6-10(14-3)13-7-12-9/h6-8H,4-5H2,1-3H3,(H,11,12,13). The van der Waals surface area contributed by atoms with E-state index in [9.17, 15) is 0 Å². The highest BCUT2D eigenvalue weighted by Crippen LogP contribution is 2.10. The maximum Gasteiger partial charge on any atom is 0.218 e. The third kappa shape index (κ3) is 3.60. The van der Waals surface area contributed by atoms with Crippen molar-refractivity contribution in [1.29, 1.82) is 0 Å². The zero-order valence-electron chi connectivity index (χ0n) is 8.95. The van der Waals surface area contributed by atoms with Crippen LogP contribution in [0.3, 0.4) is 0 Å². The van der Waals surface area contributed by atoms with Gasteiger partial charge in [-0.1, -0.05) is 13.8 Å². The molecule has 0 bridgehead atoms. The molecule has 1 N–H and O–H groups in total. The van der Waals surface area contributed by atoms with Crippen LogP contribution in [-0.4, -0.2) is 23.6 Å². The van der Waals surface area contributed by atoms with Crippen LogP contribution in [-0.2, 0) is 0 Å². The quantitative estimate of drug-likeness (QED) is 0.780. The Morgan fingerprint density at radius 3 is 2.86 bits per heavy atom. The number of aromatic nitrogens is 2. The van der Waals surface area contributed by atoms with Gasteiger partial charge >= 0.3 is 0 Å². The van der Waals surface area contributed by atoms with Crippen LogP contribution in [0.2, 0.25) is 0 Å². The molecule has 0 aliphatic rings. The van der Waals surface area contributed by atoms with E-state index in [-0.39, 0.29) is 0 Å². The summed E-state index contributed by atoms with van der Waals surface area (Å²) in [7, 11) is 1.60. The molecule has 0 amide bonds. The molecule has 0 atom stereocenters. The molecule has 0 unspecified atom stereocenters. The maximum absolute atomic E-state index is 4.99. The highest BCUT2D eigenvalue weighted by Gasteiger charge is 1.98. The summed E-state index contributed by atoms with van der Waals surface area (Å²) >= 11 is 0. The number of rotatable bonds is 5. The van der Waals surface area contributed by atoms with Crippen LogP contribution in [0.5, 0.6) is 5.88 Å². The van der Waals surface area contributed by atoms with E-state index in [2.05, 4.69) is 29.1 Å². The summed E-state index contributed by atoms with van der Waals surface area (Å²) in [5.74, 6) is 2.11. The highest BCUT2D eigenvalue weighted by atomic mass is 16.5. The van der Waals surface area contributed by atoms with Crippen LogP contribution in [0.15, 0.2) is 12.4 Å². The average Bonchev–Trinajstić information content (AvgIpc) is 2.18. The molecule has 0 saturated carbocycles. The van der Waals surface area contributed by atoms with E-state index in [1.807, 2.05) is 0 Å². The van der Waals surface area contributed by atoms with Crippen LogP contribution in [0, 0.1) is 5.92 Å². The molecule has 0 saturated heterocycles. The molecule has 78 valence electrons. The minimum atomic E-state index is 0.590. The van der Waals surface area contributed by atoms with Gasteiger partial charge in [-0.3, -0.25) is 0 Å². The van der Waals surface area contributed by atoms with Gasteiger partial charge in [0, 0.05) is 12.6 Å². The Balaban J connectivity index is 2.42. The number of nitrogens with one attached hydrogen (secondary N) is 1. The summed E-state index contributed by atoms with van der Waals surface area (Å²) in [4.78, 5) is 8.01. The summed E-state index contributed by atoms with van der Waals surface area (Å²) in [6.07, 6.45) is 2.63. The lowest BCUT2D eigenvalue weighted by Gasteiger charge is -2.07. The normalized spacial score (nSPS) is 10.3. The highest BCUT2D eigenvalue weighted by molar-refractivity contribution is 5.36. The van der Waals surface area contributed by atoms with Gasteiger partial charge in [-0.05, 0) is 12.3 Å². The van der Waals surface area contributed by atoms with E-state index in [1.54, 1.807) is 13.2 Å². The van der Waals surface area contributed by atoms with E-state index >= 15 is 0 Å². The van der Waals surface area contributed by atoms with Crippen molar-refractivity contribution >= 4 is 5.82 Å². The van der Waals surface area contributed by atoms with E-state index in [0.29, 0.717) is 11.8 Å². The van der Waals surface area contributed by atoms with Gasteiger partial charge in [-0.2, -0.15) is 0 Å². The lowest BCUT2D eigenvalue weighted by atomic mass is 10.1. The minimum Gasteiger partial charge on any atom is -0.481 e. The van der Waals surface area contributed by atoms with E-state index in [0.717, 1.165) is 18.8 Å². The predicted octanol–water partition coefficient (Wildman–Crippen LogP) is 1.94.